The minimum absolute atomic E-state index is 0.0463. The predicted molar refractivity (Wildman–Crippen MR) is 147 cm³/mol. The maximum absolute atomic E-state index is 13.6. The molecule has 1 heterocycles. The van der Waals surface area contributed by atoms with Gasteiger partial charge in [0.2, 0.25) is 11.6 Å². The molecule has 0 aromatic heterocycles. The number of benzene rings is 1. The first-order valence-corrected chi connectivity index (χ1v) is 13.6. The first-order valence-electron chi connectivity index (χ1n) is 12.8. The predicted octanol–water partition coefficient (Wildman–Crippen LogP) is 4.75. The third-order valence-corrected chi connectivity index (χ3v) is 7.61. The number of Topliss-reactive ketones (excluding diaryl/α,β-unsaturated/α-hetero) is 3. The Kier molecular flexibility index (Phi) is 12.1. The van der Waals surface area contributed by atoms with E-state index in [0.29, 0.717) is 60.3 Å². The lowest BCUT2D eigenvalue weighted by molar-refractivity contribution is -0.142. The van der Waals surface area contributed by atoms with Crippen LogP contribution in [0.4, 0.5) is 10.1 Å². The van der Waals surface area contributed by atoms with Crippen LogP contribution in [0.5, 0.6) is 0 Å². The molecule has 0 aliphatic carbocycles. The van der Waals surface area contributed by atoms with Crippen molar-refractivity contribution in [2.24, 2.45) is 23.5 Å². The number of carbonyl (C=O) groups excluding carboxylic acids is 4. The lowest BCUT2D eigenvalue weighted by atomic mass is 9.86. The maximum atomic E-state index is 13.6. The van der Waals surface area contributed by atoms with Gasteiger partial charge in [0.05, 0.1) is 18.4 Å². The number of halogens is 2. The number of hydrogen-bond acceptors (Lipinski definition) is 6. The molecular formula is C28H36BrFN4O4. The van der Waals surface area contributed by atoms with Crippen LogP contribution in [0, 0.1) is 24.3 Å². The van der Waals surface area contributed by atoms with E-state index in [9.17, 15) is 23.6 Å². The molecule has 1 fully saturated rings. The normalized spacial score (nSPS) is 16.5. The minimum atomic E-state index is -1.15. The summed E-state index contributed by atoms with van der Waals surface area (Å²) >= 11 is 3.28. The third kappa shape index (κ3) is 8.48. The van der Waals surface area contributed by atoms with Gasteiger partial charge in [0.25, 0.3) is 0 Å². The molecule has 1 saturated heterocycles. The fraction of sp³-hybridized carbons (Fsp3) is 0.536. The van der Waals surface area contributed by atoms with Gasteiger partial charge in [0, 0.05) is 47.8 Å². The standard InChI is InChI=1S/C28H36BrFN4O4/c1-17(2)21(15-25(35)20-9-10-22(29)23(13-20)32-4)28(38)34-12-6-8-24(34)26(36)14-19(27(37)16-30)7-5-11-33-18(3)31/h9-10,13,17,19,21,24,33H,3,5-8,11-12,14-16,31H2,1-2H3/t19-,21+,24+/m1/s1. The molecule has 0 radical (unpaired) electrons. The van der Waals surface area contributed by atoms with Gasteiger partial charge in [-0.3, -0.25) is 19.2 Å². The van der Waals surface area contributed by atoms with Gasteiger partial charge in [0.15, 0.2) is 17.3 Å². The second kappa shape index (κ2) is 14.8. The fourth-order valence-electron chi connectivity index (χ4n) is 4.74. The molecule has 38 heavy (non-hydrogen) atoms. The summed E-state index contributed by atoms with van der Waals surface area (Å²) in [7, 11) is 0. The van der Waals surface area contributed by atoms with Crippen molar-refractivity contribution in [1.29, 1.82) is 0 Å². The Morgan fingerprint density at radius 1 is 1.29 bits per heavy atom. The number of carbonyl (C=O) groups is 4. The van der Waals surface area contributed by atoms with Crippen molar-refractivity contribution >= 4 is 44.9 Å². The van der Waals surface area contributed by atoms with Crippen molar-refractivity contribution in [3.63, 3.8) is 0 Å². The van der Waals surface area contributed by atoms with Crippen molar-refractivity contribution in [3.8, 4) is 0 Å². The summed E-state index contributed by atoms with van der Waals surface area (Å²) in [5, 5.41) is 2.84. The molecule has 206 valence electrons. The van der Waals surface area contributed by atoms with E-state index in [2.05, 4.69) is 32.7 Å². The molecule has 3 N–H and O–H groups in total. The molecule has 0 bridgehead atoms. The Balaban J connectivity index is 2.12. The summed E-state index contributed by atoms with van der Waals surface area (Å²) in [6, 6.07) is 4.06. The van der Waals surface area contributed by atoms with E-state index in [-0.39, 0.29) is 36.2 Å². The zero-order valence-corrected chi connectivity index (χ0v) is 23.6. The van der Waals surface area contributed by atoms with Crippen LogP contribution in [0.1, 0.15) is 62.7 Å². The number of likely N-dealkylation sites (tertiary alicyclic amines) is 1. The van der Waals surface area contributed by atoms with Gasteiger partial charge in [0.1, 0.15) is 6.67 Å². The number of nitrogens with one attached hydrogen (secondary N) is 1. The van der Waals surface area contributed by atoms with Crippen molar-refractivity contribution in [1.82, 2.24) is 10.2 Å². The second-order valence-electron chi connectivity index (χ2n) is 10.0. The van der Waals surface area contributed by atoms with E-state index in [0.717, 1.165) is 0 Å². The van der Waals surface area contributed by atoms with E-state index >= 15 is 0 Å². The van der Waals surface area contributed by atoms with Crippen LogP contribution in [0.3, 0.4) is 0 Å². The quantitative estimate of drug-likeness (QED) is 0.173. The van der Waals surface area contributed by atoms with E-state index < -0.39 is 30.3 Å². The van der Waals surface area contributed by atoms with Gasteiger partial charge in [-0.15, -0.1) is 0 Å². The molecule has 1 aliphatic rings. The van der Waals surface area contributed by atoms with Crippen LogP contribution >= 0.6 is 15.9 Å². The Labute approximate surface area is 232 Å². The molecule has 1 aliphatic heterocycles. The van der Waals surface area contributed by atoms with Crippen LogP contribution in [-0.4, -0.2) is 54.0 Å². The molecule has 1 amide bonds. The Hall–Kier alpha value is -3.06. The van der Waals surface area contributed by atoms with E-state index in [1.165, 1.54) is 11.0 Å². The number of hydrogen-bond donors (Lipinski definition) is 2. The minimum Gasteiger partial charge on any atom is -0.386 e. The van der Waals surface area contributed by atoms with E-state index in [1.54, 1.807) is 12.1 Å². The van der Waals surface area contributed by atoms with Crippen LogP contribution in [-0.2, 0) is 14.4 Å². The van der Waals surface area contributed by atoms with Gasteiger partial charge >= 0.3 is 0 Å². The van der Waals surface area contributed by atoms with Crippen molar-refractivity contribution in [2.45, 2.75) is 58.4 Å². The molecule has 1 aromatic rings. The average Bonchev–Trinajstić information content (AvgIpc) is 3.38. The highest BCUT2D eigenvalue weighted by Gasteiger charge is 2.39. The van der Waals surface area contributed by atoms with Crippen LogP contribution in [0.25, 0.3) is 4.85 Å². The molecule has 8 nitrogen and oxygen atoms in total. The molecule has 0 unspecified atom stereocenters. The van der Waals surface area contributed by atoms with Crippen molar-refractivity contribution in [2.75, 3.05) is 19.8 Å². The van der Waals surface area contributed by atoms with Crippen LogP contribution < -0.4 is 11.1 Å². The summed E-state index contributed by atoms with van der Waals surface area (Å²) in [6.45, 7) is 14.2. The average molecular weight is 592 g/mol. The van der Waals surface area contributed by atoms with Crippen LogP contribution in [0.2, 0.25) is 0 Å². The molecular weight excluding hydrogens is 555 g/mol. The fourth-order valence-corrected chi connectivity index (χ4v) is 5.07. The smallest absolute Gasteiger partial charge is 0.227 e. The number of ketones is 3. The summed E-state index contributed by atoms with van der Waals surface area (Å²) < 4.78 is 13.8. The zero-order valence-electron chi connectivity index (χ0n) is 22.0. The SMILES string of the molecule is [C-]#[N+]c1cc(C(=O)C[C@H](C(=O)N2CCC[C@H]2C(=O)C[C@@H](CCCNC(=C)N)C(=O)CF)C(C)C)ccc1Br. The lowest BCUT2D eigenvalue weighted by Crippen LogP contribution is -2.45. The zero-order chi connectivity index (χ0) is 28.4. The van der Waals surface area contributed by atoms with Crippen molar-refractivity contribution < 1.29 is 23.6 Å². The number of nitrogens with zero attached hydrogens (tertiary/aromatic N) is 2. The van der Waals surface area contributed by atoms with Gasteiger partial charge in [-0.25, -0.2) is 9.24 Å². The number of amides is 1. The Morgan fingerprint density at radius 2 is 2.00 bits per heavy atom. The number of rotatable bonds is 15. The summed E-state index contributed by atoms with van der Waals surface area (Å²) in [6.07, 6.45) is 1.75. The molecule has 0 spiro atoms. The molecule has 3 atom stereocenters. The monoisotopic (exact) mass is 590 g/mol. The van der Waals surface area contributed by atoms with Gasteiger partial charge in [-0.05, 0) is 37.7 Å². The third-order valence-electron chi connectivity index (χ3n) is 6.94. The van der Waals surface area contributed by atoms with Crippen molar-refractivity contribution in [3.05, 3.63) is 52.1 Å². The Bertz CT molecular complexity index is 1100. The van der Waals surface area contributed by atoms with Gasteiger partial charge in [-0.1, -0.05) is 48.5 Å². The number of alkyl halides is 1. The highest BCUT2D eigenvalue weighted by molar-refractivity contribution is 9.10. The largest absolute Gasteiger partial charge is 0.386 e. The summed E-state index contributed by atoms with van der Waals surface area (Å²) in [5.41, 5.74) is 6.14. The van der Waals surface area contributed by atoms with E-state index in [4.69, 9.17) is 12.3 Å². The summed E-state index contributed by atoms with van der Waals surface area (Å²) in [4.78, 5) is 57.0. The van der Waals surface area contributed by atoms with E-state index in [1.807, 2.05) is 13.8 Å². The second-order valence-corrected chi connectivity index (χ2v) is 10.9. The molecule has 10 heteroatoms. The topological polar surface area (TPSA) is 114 Å². The molecule has 0 saturated carbocycles. The lowest BCUT2D eigenvalue weighted by Gasteiger charge is -2.30. The first-order chi connectivity index (χ1) is 18.0. The van der Waals surface area contributed by atoms with Gasteiger partial charge < -0.3 is 16.0 Å². The first kappa shape index (κ1) is 31.2. The highest BCUT2D eigenvalue weighted by atomic mass is 79.9. The van der Waals surface area contributed by atoms with Gasteiger partial charge in [-0.2, -0.15) is 0 Å². The summed E-state index contributed by atoms with van der Waals surface area (Å²) in [5.74, 6) is -2.69. The van der Waals surface area contributed by atoms with Crippen LogP contribution in [0.15, 0.2) is 35.1 Å². The number of nitrogens with two attached hydrogens (primary N) is 1. The Morgan fingerprint density at radius 3 is 2.61 bits per heavy atom. The molecule has 2 rings (SSSR count). The molecule has 1 aromatic carbocycles. The highest BCUT2D eigenvalue weighted by Crippen LogP contribution is 2.31. The maximum Gasteiger partial charge on any atom is 0.227 e.